The molecule has 0 bridgehead atoms. The Morgan fingerprint density at radius 1 is 1.60 bits per heavy atom. The van der Waals surface area contributed by atoms with Gasteiger partial charge in [0.1, 0.15) is 5.52 Å². The molecule has 0 aliphatic rings. The molecule has 0 aliphatic heterocycles. The summed E-state index contributed by atoms with van der Waals surface area (Å²) in [6.45, 7) is 0. The van der Waals surface area contributed by atoms with Crippen molar-refractivity contribution in [2.24, 2.45) is 0 Å². The number of carbonyl (C=O) groups is 1. The van der Waals surface area contributed by atoms with Gasteiger partial charge in [-0.05, 0) is 28.1 Å². The molecule has 2 aromatic rings. The number of nitrogens with one attached hydrogen (secondary N) is 2. The van der Waals surface area contributed by atoms with E-state index in [2.05, 4.69) is 31.2 Å². The Bertz CT molecular complexity index is 498. The average molecular weight is 272 g/mol. The van der Waals surface area contributed by atoms with Gasteiger partial charge in [0.25, 0.3) is 5.91 Å². The second-order valence-electron chi connectivity index (χ2n) is 2.92. The number of H-pyrrole nitrogens is 1. The summed E-state index contributed by atoms with van der Waals surface area (Å²) in [6.07, 6.45) is 0. The Morgan fingerprint density at radius 3 is 2.93 bits per heavy atom. The fourth-order valence-corrected chi connectivity index (χ4v) is 1.67. The molecule has 1 aromatic heterocycles. The quantitative estimate of drug-likeness (QED) is 0.832. The van der Waals surface area contributed by atoms with E-state index in [1.165, 1.54) is 13.1 Å². The number of fused-ring (bicyclic) bond motifs is 1. The Hall–Kier alpha value is -1.43. The standard InChI is InChI=1S/C9H7BrFN3O/c1-12-9(15)8-13-6-4(10)2-3-5(11)7(6)14-8/h2-3H,1H3,(H,12,15)(H,13,14). The van der Waals surface area contributed by atoms with Gasteiger partial charge in [-0.15, -0.1) is 0 Å². The molecule has 6 heteroatoms. The number of aromatic amines is 1. The summed E-state index contributed by atoms with van der Waals surface area (Å²) in [4.78, 5) is 17.9. The summed E-state index contributed by atoms with van der Waals surface area (Å²) in [6, 6.07) is 2.85. The first-order valence-corrected chi connectivity index (χ1v) is 4.98. The highest BCUT2D eigenvalue weighted by Gasteiger charge is 2.14. The van der Waals surface area contributed by atoms with Crippen LogP contribution in [0.3, 0.4) is 0 Å². The van der Waals surface area contributed by atoms with E-state index < -0.39 is 5.82 Å². The number of nitrogens with zero attached hydrogens (tertiary/aromatic N) is 1. The molecule has 0 unspecified atom stereocenters. The van der Waals surface area contributed by atoms with Crippen LogP contribution in [-0.4, -0.2) is 22.9 Å². The Kier molecular flexibility index (Phi) is 2.44. The molecule has 0 radical (unpaired) electrons. The molecule has 0 saturated carbocycles. The van der Waals surface area contributed by atoms with Crippen LogP contribution in [0.1, 0.15) is 10.6 Å². The summed E-state index contributed by atoms with van der Waals surface area (Å²) in [5.74, 6) is -0.740. The normalized spacial score (nSPS) is 10.6. The van der Waals surface area contributed by atoms with Crippen molar-refractivity contribution < 1.29 is 9.18 Å². The third-order valence-electron chi connectivity index (χ3n) is 1.99. The largest absolute Gasteiger partial charge is 0.352 e. The first-order valence-electron chi connectivity index (χ1n) is 4.19. The SMILES string of the molecule is CNC(=O)c1nc2c(F)ccc(Br)c2[nH]1. The van der Waals surface area contributed by atoms with Crippen molar-refractivity contribution in [2.75, 3.05) is 7.05 Å². The molecule has 1 aromatic carbocycles. The molecule has 78 valence electrons. The second kappa shape index (κ2) is 3.62. The van der Waals surface area contributed by atoms with E-state index in [1.54, 1.807) is 6.07 Å². The van der Waals surface area contributed by atoms with Crippen LogP contribution in [-0.2, 0) is 0 Å². The molecule has 0 atom stereocenters. The monoisotopic (exact) mass is 271 g/mol. The van der Waals surface area contributed by atoms with Gasteiger partial charge >= 0.3 is 0 Å². The Labute approximate surface area is 93.0 Å². The van der Waals surface area contributed by atoms with Gasteiger partial charge in [0, 0.05) is 11.5 Å². The lowest BCUT2D eigenvalue weighted by atomic mass is 10.3. The second-order valence-corrected chi connectivity index (χ2v) is 3.77. The van der Waals surface area contributed by atoms with Crippen LogP contribution in [0, 0.1) is 5.82 Å². The van der Waals surface area contributed by atoms with Crippen LogP contribution < -0.4 is 5.32 Å². The average Bonchev–Trinajstić information content (AvgIpc) is 2.68. The van der Waals surface area contributed by atoms with Gasteiger partial charge in [0.05, 0.1) is 5.52 Å². The van der Waals surface area contributed by atoms with Crippen molar-refractivity contribution in [1.29, 1.82) is 0 Å². The molecule has 2 rings (SSSR count). The highest BCUT2D eigenvalue weighted by Crippen LogP contribution is 2.24. The molecule has 0 fully saturated rings. The third kappa shape index (κ3) is 1.61. The number of benzene rings is 1. The van der Waals surface area contributed by atoms with Gasteiger partial charge < -0.3 is 10.3 Å². The zero-order valence-corrected chi connectivity index (χ0v) is 9.35. The van der Waals surface area contributed by atoms with Crippen molar-refractivity contribution >= 4 is 32.9 Å². The van der Waals surface area contributed by atoms with Gasteiger partial charge in [-0.3, -0.25) is 4.79 Å². The molecule has 1 amide bonds. The van der Waals surface area contributed by atoms with Crippen LogP contribution >= 0.6 is 15.9 Å². The molecule has 2 N–H and O–H groups in total. The zero-order valence-electron chi connectivity index (χ0n) is 7.77. The maximum atomic E-state index is 13.3. The van der Waals surface area contributed by atoms with Gasteiger partial charge in [-0.25, -0.2) is 9.37 Å². The molecule has 0 saturated heterocycles. The fourth-order valence-electron chi connectivity index (χ4n) is 1.25. The summed E-state index contributed by atoms with van der Waals surface area (Å²) in [5.41, 5.74) is 0.636. The van der Waals surface area contributed by atoms with Crippen LogP contribution in [0.15, 0.2) is 16.6 Å². The van der Waals surface area contributed by atoms with Gasteiger partial charge in [-0.1, -0.05) is 0 Å². The summed E-state index contributed by atoms with van der Waals surface area (Å²) >= 11 is 3.25. The third-order valence-corrected chi connectivity index (χ3v) is 2.65. The predicted molar refractivity (Wildman–Crippen MR) is 57.1 cm³/mol. The van der Waals surface area contributed by atoms with E-state index in [-0.39, 0.29) is 17.2 Å². The summed E-state index contributed by atoms with van der Waals surface area (Å²) < 4.78 is 14.0. The van der Waals surface area contributed by atoms with Gasteiger partial charge in [0.15, 0.2) is 11.6 Å². The number of carbonyl (C=O) groups excluding carboxylic acids is 1. The van der Waals surface area contributed by atoms with E-state index >= 15 is 0 Å². The minimum absolute atomic E-state index is 0.0956. The highest BCUT2D eigenvalue weighted by atomic mass is 79.9. The van der Waals surface area contributed by atoms with Gasteiger partial charge in [-0.2, -0.15) is 0 Å². The molecule has 4 nitrogen and oxygen atoms in total. The van der Waals surface area contributed by atoms with Crippen LogP contribution in [0.25, 0.3) is 11.0 Å². The van der Waals surface area contributed by atoms with E-state index in [0.29, 0.717) is 9.99 Å². The number of hydrogen-bond acceptors (Lipinski definition) is 2. The maximum Gasteiger partial charge on any atom is 0.286 e. The number of aromatic nitrogens is 2. The highest BCUT2D eigenvalue weighted by molar-refractivity contribution is 9.10. The fraction of sp³-hybridized carbons (Fsp3) is 0.111. The smallest absolute Gasteiger partial charge is 0.286 e. The van der Waals surface area contributed by atoms with E-state index in [1.807, 2.05) is 0 Å². The van der Waals surface area contributed by atoms with Crippen molar-refractivity contribution in [3.05, 3.63) is 28.2 Å². The van der Waals surface area contributed by atoms with E-state index in [9.17, 15) is 9.18 Å². The Morgan fingerprint density at radius 2 is 2.33 bits per heavy atom. The van der Waals surface area contributed by atoms with Gasteiger partial charge in [0.2, 0.25) is 0 Å². The minimum Gasteiger partial charge on any atom is -0.352 e. The number of rotatable bonds is 1. The molecule has 0 aliphatic carbocycles. The minimum atomic E-state index is -0.459. The molecule has 0 spiro atoms. The molecule has 15 heavy (non-hydrogen) atoms. The van der Waals surface area contributed by atoms with E-state index in [4.69, 9.17) is 0 Å². The number of hydrogen-bond donors (Lipinski definition) is 2. The van der Waals surface area contributed by atoms with Crippen molar-refractivity contribution in [3.63, 3.8) is 0 Å². The van der Waals surface area contributed by atoms with Crippen molar-refractivity contribution in [3.8, 4) is 0 Å². The lowest BCUT2D eigenvalue weighted by Gasteiger charge is -1.92. The Balaban J connectivity index is 2.70. The van der Waals surface area contributed by atoms with E-state index in [0.717, 1.165) is 0 Å². The summed E-state index contributed by atoms with van der Waals surface area (Å²) in [5, 5.41) is 2.41. The summed E-state index contributed by atoms with van der Waals surface area (Å²) in [7, 11) is 1.49. The number of amides is 1. The number of imidazole rings is 1. The maximum absolute atomic E-state index is 13.3. The molecule has 1 heterocycles. The predicted octanol–water partition coefficient (Wildman–Crippen LogP) is 1.82. The lowest BCUT2D eigenvalue weighted by Crippen LogP contribution is -2.19. The number of halogens is 2. The van der Waals surface area contributed by atoms with Crippen LogP contribution in [0.5, 0.6) is 0 Å². The first-order chi connectivity index (χ1) is 7.13. The lowest BCUT2D eigenvalue weighted by molar-refractivity contribution is 0.0954. The van der Waals surface area contributed by atoms with Crippen molar-refractivity contribution in [2.45, 2.75) is 0 Å². The zero-order chi connectivity index (χ0) is 11.0. The van der Waals surface area contributed by atoms with Crippen LogP contribution in [0.4, 0.5) is 4.39 Å². The molecular formula is C9H7BrFN3O. The van der Waals surface area contributed by atoms with Crippen LogP contribution in [0.2, 0.25) is 0 Å². The topological polar surface area (TPSA) is 57.8 Å². The molecular weight excluding hydrogens is 265 g/mol. The van der Waals surface area contributed by atoms with Crippen molar-refractivity contribution in [1.82, 2.24) is 15.3 Å². The first kappa shape index (κ1) is 10.1.